The van der Waals surface area contributed by atoms with Crippen molar-refractivity contribution in [3.05, 3.63) is 66.2 Å². The van der Waals surface area contributed by atoms with Crippen LogP contribution in [0.25, 0.3) is 0 Å². The van der Waals surface area contributed by atoms with Crippen molar-refractivity contribution < 1.29 is 9.63 Å². The first-order valence-electron chi connectivity index (χ1n) is 9.06. The zero-order chi connectivity index (χ0) is 18.0. The van der Waals surface area contributed by atoms with Crippen molar-refractivity contribution in [1.82, 2.24) is 4.90 Å². The van der Waals surface area contributed by atoms with Gasteiger partial charge in [-0.3, -0.25) is 4.79 Å². The number of para-hydroxylation sites is 1. The molecule has 0 aromatic heterocycles. The van der Waals surface area contributed by atoms with Gasteiger partial charge in [0.15, 0.2) is 0 Å². The first kappa shape index (κ1) is 16.6. The van der Waals surface area contributed by atoms with Crippen LogP contribution in [0.4, 0.5) is 5.69 Å². The molecule has 0 spiro atoms. The van der Waals surface area contributed by atoms with Crippen LogP contribution in [0, 0.1) is 0 Å². The van der Waals surface area contributed by atoms with Gasteiger partial charge >= 0.3 is 0 Å². The maximum absolute atomic E-state index is 13.1. The molecule has 5 nitrogen and oxygen atoms in total. The summed E-state index contributed by atoms with van der Waals surface area (Å²) in [5.41, 5.74) is 2.15. The third-order valence-corrected chi connectivity index (χ3v) is 5.11. The first-order valence-corrected chi connectivity index (χ1v) is 9.06. The van der Waals surface area contributed by atoms with Crippen molar-refractivity contribution in [2.45, 2.75) is 18.9 Å². The van der Waals surface area contributed by atoms with Gasteiger partial charge in [0.05, 0.1) is 5.71 Å². The lowest BCUT2D eigenvalue weighted by atomic mass is 9.94. The second-order valence-electron chi connectivity index (χ2n) is 7.02. The van der Waals surface area contributed by atoms with Gasteiger partial charge in [0, 0.05) is 38.3 Å². The molecule has 0 aliphatic carbocycles. The highest BCUT2D eigenvalue weighted by atomic mass is 16.7. The van der Waals surface area contributed by atoms with E-state index in [1.807, 2.05) is 60.4 Å². The molecule has 0 N–H and O–H groups in total. The second-order valence-corrected chi connectivity index (χ2v) is 7.02. The van der Waals surface area contributed by atoms with E-state index in [1.165, 1.54) is 5.69 Å². The van der Waals surface area contributed by atoms with Crippen molar-refractivity contribution in [2.75, 3.05) is 31.1 Å². The number of carbonyl (C=O) groups is 1. The van der Waals surface area contributed by atoms with Gasteiger partial charge in [-0.2, -0.15) is 0 Å². The molecule has 1 saturated heterocycles. The molecule has 0 bridgehead atoms. The summed E-state index contributed by atoms with van der Waals surface area (Å²) in [6.07, 6.45) is 0.509. The summed E-state index contributed by atoms with van der Waals surface area (Å²) < 4.78 is 0. The Hall–Kier alpha value is -2.82. The van der Waals surface area contributed by atoms with E-state index in [4.69, 9.17) is 4.84 Å². The standard InChI is InChI=1S/C21H23N3O2/c1-21(16-19(22-26-21)17-8-4-2-5-9-17)20(25)24-14-12-23(13-15-24)18-10-6-3-7-11-18/h2-11H,12-16H2,1H3. The summed E-state index contributed by atoms with van der Waals surface area (Å²) >= 11 is 0. The van der Waals surface area contributed by atoms with E-state index in [1.54, 1.807) is 0 Å². The predicted molar refractivity (Wildman–Crippen MR) is 102 cm³/mol. The summed E-state index contributed by atoms with van der Waals surface area (Å²) in [6.45, 7) is 4.91. The highest BCUT2D eigenvalue weighted by Crippen LogP contribution is 2.29. The molecular formula is C21H23N3O2. The lowest BCUT2D eigenvalue weighted by Crippen LogP contribution is -2.55. The number of oxime groups is 1. The van der Waals surface area contributed by atoms with Crippen molar-refractivity contribution in [1.29, 1.82) is 0 Å². The first-order chi connectivity index (χ1) is 12.7. The lowest BCUT2D eigenvalue weighted by molar-refractivity contribution is -0.153. The molecular weight excluding hydrogens is 326 g/mol. The van der Waals surface area contributed by atoms with E-state index < -0.39 is 5.60 Å². The molecule has 2 aliphatic heterocycles. The molecule has 4 rings (SSSR count). The van der Waals surface area contributed by atoms with E-state index in [2.05, 4.69) is 22.2 Å². The van der Waals surface area contributed by atoms with Crippen molar-refractivity contribution in [3.63, 3.8) is 0 Å². The van der Waals surface area contributed by atoms with E-state index in [0.29, 0.717) is 19.5 Å². The fraction of sp³-hybridized carbons (Fsp3) is 0.333. The number of carbonyl (C=O) groups excluding carboxylic acids is 1. The van der Waals surface area contributed by atoms with Crippen LogP contribution in [0.1, 0.15) is 18.9 Å². The number of rotatable bonds is 3. The molecule has 2 aromatic carbocycles. The van der Waals surface area contributed by atoms with Gasteiger partial charge in [-0.25, -0.2) is 0 Å². The zero-order valence-corrected chi connectivity index (χ0v) is 15.0. The fourth-order valence-electron chi connectivity index (χ4n) is 3.58. The SMILES string of the molecule is CC1(C(=O)N2CCN(c3ccccc3)CC2)CC(c2ccccc2)=NO1. The second kappa shape index (κ2) is 6.83. The Morgan fingerprint density at radius 3 is 2.23 bits per heavy atom. The van der Waals surface area contributed by atoms with Gasteiger partial charge < -0.3 is 14.6 Å². The summed E-state index contributed by atoms with van der Waals surface area (Å²) in [4.78, 5) is 22.9. The molecule has 26 heavy (non-hydrogen) atoms. The molecule has 0 saturated carbocycles. The predicted octanol–water partition coefficient (Wildman–Crippen LogP) is 2.92. The smallest absolute Gasteiger partial charge is 0.269 e. The quantitative estimate of drug-likeness (QED) is 0.856. The van der Waals surface area contributed by atoms with Crippen LogP contribution in [0.5, 0.6) is 0 Å². The van der Waals surface area contributed by atoms with Crippen LogP contribution in [-0.4, -0.2) is 48.3 Å². The molecule has 1 unspecified atom stereocenters. The Morgan fingerprint density at radius 2 is 1.58 bits per heavy atom. The van der Waals surface area contributed by atoms with Crippen LogP contribution in [0.2, 0.25) is 0 Å². The average molecular weight is 349 g/mol. The van der Waals surface area contributed by atoms with Gasteiger partial charge in [0.1, 0.15) is 0 Å². The normalized spacial score (nSPS) is 22.7. The third-order valence-electron chi connectivity index (χ3n) is 5.11. The number of nitrogens with zero attached hydrogens (tertiary/aromatic N) is 3. The molecule has 2 aromatic rings. The van der Waals surface area contributed by atoms with Gasteiger partial charge in [-0.15, -0.1) is 0 Å². The van der Waals surface area contributed by atoms with E-state index in [9.17, 15) is 4.79 Å². The Bertz CT molecular complexity index is 799. The van der Waals surface area contributed by atoms with Gasteiger partial charge in [0.2, 0.25) is 5.60 Å². The van der Waals surface area contributed by atoms with Crippen molar-refractivity contribution in [3.8, 4) is 0 Å². The Kier molecular flexibility index (Phi) is 4.37. The van der Waals surface area contributed by atoms with Gasteiger partial charge in [0.25, 0.3) is 5.91 Å². The molecule has 0 radical (unpaired) electrons. The van der Waals surface area contributed by atoms with Crippen LogP contribution in [0.15, 0.2) is 65.8 Å². The molecule has 134 valence electrons. The lowest BCUT2D eigenvalue weighted by Gasteiger charge is -2.38. The molecule has 1 atom stereocenters. The van der Waals surface area contributed by atoms with Gasteiger partial charge in [-0.1, -0.05) is 53.7 Å². The fourth-order valence-corrected chi connectivity index (χ4v) is 3.58. The number of amides is 1. The highest BCUT2D eigenvalue weighted by molar-refractivity contribution is 6.05. The molecule has 2 heterocycles. The Labute approximate surface area is 153 Å². The minimum absolute atomic E-state index is 0.0277. The average Bonchev–Trinajstić information content (AvgIpc) is 3.12. The summed E-state index contributed by atoms with van der Waals surface area (Å²) in [5.74, 6) is 0.0277. The van der Waals surface area contributed by atoms with Crippen LogP contribution >= 0.6 is 0 Å². The Morgan fingerprint density at radius 1 is 0.962 bits per heavy atom. The molecule has 5 heteroatoms. The number of hydrogen-bond acceptors (Lipinski definition) is 4. The largest absolute Gasteiger partial charge is 0.379 e. The van der Waals surface area contributed by atoms with Crippen LogP contribution in [0.3, 0.4) is 0 Å². The van der Waals surface area contributed by atoms with Crippen LogP contribution < -0.4 is 4.90 Å². The highest BCUT2D eigenvalue weighted by Gasteiger charge is 2.45. The minimum Gasteiger partial charge on any atom is -0.379 e. The van der Waals surface area contributed by atoms with Crippen molar-refractivity contribution in [2.24, 2.45) is 5.16 Å². The topological polar surface area (TPSA) is 45.1 Å². The monoisotopic (exact) mass is 349 g/mol. The maximum Gasteiger partial charge on any atom is 0.269 e. The van der Waals surface area contributed by atoms with E-state index in [-0.39, 0.29) is 5.91 Å². The third kappa shape index (κ3) is 3.17. The number of benzene rings is 2. The zero-order valence-electron chi connectivity index (χ0n) is 15.0. The Balaban J connectivity index is 1.38. The number of hydrogen-bond donors (Lipinski definition) is 0. The van der Waals surface area contributed by atoms with E-state index in [0.717, 1.165) is 24.4 Å². The van der Waals surface area contributed by atoms with E-state index >= 15 is 0 Å². The van der Waals surface area contributed by atoms with Crippen LogP contribution in [-0.2, 0) is 9.63 Å². The number of piperazine rings is 1. The van der Waals surface area contributed by atoms with Gasteiger partial charge in [-0.05, 0) is 24.6 Å². The minimum atomic E-state index is -0.903. The molecule has 2 aliphatic rings. The van der Waals surface area contributed by atoms with Crippen molar-refractivity contribution >= 4 is 17.3 Å². The summed E-state index contributed by atoms with van der Waals surface area (Å²) in [7, 11) is 0. The maximum atomic E-state index is 13.1. The summed E-state index contributed by atoms with van der Waals surface area (Å²) in [5, 5.41) is 4.20. The molecule has 1 amide bonds. The summed E-state index contributed by atoms with van der Waals surface area (Å²) in [6, 6.07) is 20.2. The number of anilines is 1. The molecule has 1 fully saturated rings.